The Labute approximate surface area is 129 Å². The van der Waals surface area contributed by atoms with Gasteiger partial charge in [-0.2, -0.15) is 0 Å². The third-order valence-electron chi connectivity index (χ3n) is 2.90. The van der Waals surface area contributed by atoms with Crippen molar-refractivity contribution in [1.82, 2.24) is 15.0 Å². The van der Waals surface area contributed by atoms with Crippen LogP contribution in [0.1, 0.15) is 23.8 Å². The van der Waals surface area contributed by atoms with Crippen molar-refractivity contribution in [3.63, 3.8) is 0 Å². The fraction of sp³-hybridized carbons (Fsp3) is 0.357. The lowest BCUT2D eigenvalue weighted by molar-refractivity contribution is 0.579. The summed E-state index contributed by atoms with van der Waals surface area (Å²) in [6.45, 7) is 3.78. The van der Waals surface area contributed by atoms with Crippen molar-refractivity contribution in [2.75, 3.05) is 6.54 Å². The van der Waals surface area contributed by atoms with Gasteiger partial charge < -0.3 is 5.32 Å². The zero-order valence-corrected chi connectivity index (χ0v) is 13.5. The molecule has 2 N–H and O–H groups in total. The van der Waals surface area contributed by atoms with Gasteiger partial charge >= 0.3 is 0 Å². The van der Waals surface area contributed by atoms with Crippen LogP contribution in [0, 0.1) is 0 Å². The fourth-order valence-electron chi connectivity index (χ4n) is 1.83. The Kier molecular flexibility index (Phi) is 5.86. The van der Waals surface area contributed by atoms with Crippen LogP contribution in [0.5, 0.6) is 0 Å². The summed E-state index contributed by atoms with van der Waals surface area (Å²) in [6, 6.07) is 5.28. The van der Waals surface area contributed by atoms with Crippen LogP contribution in [0.2, 0.25) is 0 Å². The van der Waals surface area contributed by atoms with Crippen molar-refractivity contribution >= 4 is 21.4 Å². The highest BCUT2D eigenvalue weighted by molar-refractivity contribution is 7.89. The van der Waals surface area contributed by atoms with Crippen molar-refractivity contribution in [2.24, 2.45) is 0 Å². The monoisotopic (exact) mass is 325 g/mol. The van der Waals surface area contributed by atoms with Gasteiger partial charge in [0.15, 0.2) is 0 Å². The van der Waals surface area contributed by atoms with E-state index in [0.29, 0.717) is 11.4 Å². The van der Waals surface area contributed by atoms with Gasteiger partial charge in [-0.05, 0) is 36.0 Å². The molecule has 0 saturated heterocycles. The molecule has 2 aromatic rings. The second-order valence-corrected chi connectivity index (χ2v) is 7.31. The summed E-state index contributed by atoms with van der Waals surface area (Å²) in [5, 5.41) is 5.04. The fourth-order valence-corrected chi connectivity index (χ4v) is 4.26. The summed E-state index contributed by atoms with van der Waals surface area (Å²) in [6.07, 6.45) is 4.33. The van der Waals surface area contributed by atoms with Gasteiger partial charge in [-0.15, -0.1) is 11.3 Å². The number of hydrogen-bond donors (Lipinski definition) is 2. The molecule has 7 heteroatoms. The van der Waals surface area contributed by atoms with Gasteiger partial charge in [0.25, 0.3) is 0 Å². The molecule has 114 valence electrons. The van der Waals surface area contributed by atoms with Crippen LogP contribution in [0.3, 0.4) is 0 Å². The molecule has 0 amide bonds. The number of pyridine rings is 1. The Hall–Kier alpha value is -1.28. The molecule has 21 heavy (non-hydrogen) atoms. The summed E-state index contributed by atoms with van der Waals surface area (Å²) in [7, 11) is -3.49. The number of thiophene rings is 1. The SMILES string of the molecule is CCCNCc1sccc1S(=O)(=O)NCc1cccnc1. The molecule has 0 bridgehead atoms. The van der Waals surface area contributed by atoms with E-state index in [1.165, 1.54) is 11.3 Å². The minimum absolute atomic E-state index is 0.244. The molecule has 0 saturated carbocycles. The maximum atomic E-state index is 12.4. The van der Waals surface area contributed by atoms with Crippen LogP contribution in [-0.4, -0.2) is 19.9 Å². The van der Waals surface area contributed by atoms with Crippen molar-refractivity contribution < 1.29 is 8.42 Å². The third kappa shape index (κ3) is 4.60. The molecule has 0 unspecified atom stereocenters. The van der Waals surface area contributed by atoms with E-state index < -0.39 is 10.0 Å². The minimum atomic E-state index is -3.49. The predicted molar refractivity (Wildman–Crippen MR) is 84.6 cm³/mol. The average molecular weight is 325 g/mol. The molecule has 0 spiro atoms. The molecule has 0 aliphatic rings. The summed E-state index contributed by atoms with van der Waals surface area (Å²) in [5.41, 5.74) is 0.835. The summed E-state index contributed by atoms with van der Waals surface area (Å²) >= 11 is 1.45. The molecule has 0 aliphatic carbocycles. The van der Waals surface area contributed by atoms with E-state index in [1.54, 1.807) is 24.5 Å². The van der Waals surface area contributed by atoms with E-state index in [4.69, 9.17) is 0 Å². The second-order valence-electron chi connectivity index (χ2n) is 4.57. The highest BCUT2D eigenvalue weighted by Crippen LogP contribution is 2.21. The largest absolute Gasteiger partial charge is 0.312 e. The quantitative estimate of drug-likeness (QED) is 0.729. The van der Waals surface area contributed by atoms with Gasteiger partial charge in [0, 0.05) is 30.4 Å². The first kappa shape index (κ1) is 16.1. The number of rotatable bonds is 8. The lowest BCUT2D eigenvalue weighted by atomic mass is 10.3. The smallest absolute Gasteiger partial charge is 0.242 e. The first-order valence-electron chi connectivity index (χ1n) is 6.79. The summed E-state index contributed by atoms with van der Waals surface area (Å²) in [5.74, 6) is 0. The third-order valence-corrected chi connectivity index (χ3v) is 5.43. The zero-order chi connectivity index (χ0) is 15.1. The maximum Gasteiger partial charge on any atom is 0.242 e. The van der Waals surface area contributed by atoms with Crippen LogP contribution in [0.25, 0.3) is 0 Å². The van der Waals surface area contributed by atoms with E-state index >= 15 is 0 Å². The molecule has 5 nitrogen and oxygen atoms in total. The highest BCUT2D eigenvalue weighted by atomic mass is 32.2. The normalized spacial score (nSPS) is 11.7. The summed E-state index contributed by atoms with van der Waals surface area (Å²) in [4.78, 5) is 5.17. The van der Waals surface area contributed by atoms with E-state index in [9.17, 15) is 8.42 Å². The van der Waals surface area contributed by atoms with Gasteiger partial charge in [-0.25, -0.2) is 13.1 Å². The molecule has 0 atom stereocenters. The minimum Gasteiger partial charge on any atom is -0.312 e. The molecular formula is C14H19N3O2S2. The summed E-state index contributed by atoms with van der Waals surface area (Å²) < 4.78 is 27.4. The predicted octanol–water partition coefficient (Wildman–Crippen LogP) is 2.12. The number of sulfonamides is 1. The van der Waals surface area contributed by atoms with Gasteiger partial charge in [0.05, 0.1) is 4.90 Å². The van der Waals surface area contributed by atoms with Crippen LogP contribution in [0.4, 0.5) is 0 Å². The van der Waals surface area contributed by atoms with Gasteiger partial charge in [0.2, 0.25) is 10.0 Å². The van der Waals surface area contributed by atoms with Gasteiger partial charge in [0.1, 0.15) is 0 Å². The van der Waals surface area contributed by atoms with Crippen LogP contribution in [-0.2, 0) is 23.1 Å². The van der Waals surface area contributed by atoms with Crippen LogP contribution < -0.4 is 10.0 Å². The molecule has 2 aromatic heterocycles. The lowest BCUT2D eigenvalue weighted by Gasteiger charge is -2.08. The van der Waals surface area contributed by atoms with Crippen LogP contribution >= 0.6 is 11.3 Å². The van der Waals surface area contributed by atoms with Gasteiger partial charge in [-0.3, -0.25) is 4.98 Å². The molecule has 2 heterocycles. The molecule has 2 rings (SSSR count). The van der Waals surface area contributed by atoms with Crippen molar-refractivity contribution in [2.45, 2.75) is 31.3 Å². The Morgan fingerprint density at radius 3 is 2.86 bits per heavy atom. The Morgan fingerprint density at radius 1 is 1.29 bits per heavy atom. The Bertz CT molecular complexity index is 654. The van der Waals surface area contributed by atoms with Crippen molar-refractivity contribution in [3.05, 3.63) is 46.4 Å². The van der Waals surface area contributed by atoms with E-state index in [1.807, 2.05) is 11.4 Å². The average Bonchev–Trinajstić information content (AvgIpc) is 2.96. The van der Waals surface area contributed by atoms with Crippen LogP contribution in [0.15, 0.2) is 40.9 Å². The lowest BCUT2D eigenvalue weighted by Crippen LogP contribution is -2.24. The molecule has 0 aliphatic heterocycles. The van der Waals surface area contributed by atoms with E-state index in [0.717, 1.165) is 23.4 Å². The number of hydrogen-bond acceptors (Lipinski definition) is 5. The van der Waals surface area contributed by atoms with E-state index in [-0.39, 0.29) is 6.54 Å². The van der Waals surface area contributed by atoms with Gasteiger partial charge in [-0.1, -0.05) is 13.0 Å². The first-order chi connectivity index (χ1) is 10.1. The van der Waals surface area contributed by atoms with Crippen molar-refractivity contribution in [1.29, 1.82) is 0 Å². The highest BCUT2D eigenvalue weighted by Gasteiger charge is 2.19. The zero-order valence-electron chi connectivity index (χ0n) is 11.9. The standard InChI is InChI=1S/C14H19N3O2S2/c1-2-6-15-11-13-14(5-8-20-13)21(18,19)17-10-12-4-3-7-16-9-12/h3-5,7-9,15,17H,2,6,10-11H2,1H3. The topological polar surface area (TPSA) is 71.1 Å². The molecule has 0 radical (unpaired) electrons. The van der Waals surface area contributed by atoms with Crippen molar-refractivity contribution in [3.8, 4) is 0 Å². The first-order valence-corrected chi connectivity index (χ1v) is 9.15. The maximum absolute atomic E-state index is 12.4. The number of aromatic nitrogens is 1. The molecule has 0 fully saturated rings. The number of nitrogens with one attached hydrogen (secondary N) is 2. The van der Waals surface area contributed by atoms with E-state index in [2.05, 4.69) is 21.9 Å². The number of nitrogens with zero attached hydrogens (tertiary/aromatic N) is 1. The molecule has 0 aromatic carbocycles. The second kappa shape index (κ2) is 7.65. The Morgan fingerprint density at radius 2 is 2.14 bits per heavy atom. The Balaban J connectivity index is 2.04. The molecular weight excluding hydrogens is 306 g/mol.